The molecule has 1 heteroatoms. The number of nitrogens with one attached hydrogen (secondary N) is 1. The Bertz CT molecular complexity index is 626. The van der Waals surface area contributed by atoms with E-state index in [0.29, 0.717) is 6.04 Å². The number of hydrogen-bond donors (Lipinski definition) is 1. The summed E-state index contributed by atoms with van der Waals surface area (Å²) in [6.07, 6.45) is 0. The molecule has 0 aromatic heterocycles. The maximum Gasteiger partial charge on any atom is 0.0488 e. The molecule has 1 nitrogen and oxygen atoms in total. The lowest BCUT2D eigenvalue weighted by molar-refractivity contribution is 0.868. The molecule has 106 valence electrons. The summed E-state index contributed by atoms with van der Waals surface area (Å²) < 4.78 is 0. The zero-order valence-corrected chi connectivity index (χ0v) is 13.5. The van der Waals surface area contributed by atoms with Crippen molar-refractivity contribution in [2.45, 2.75) is 47.6 Å². The van der Waals surface area contributed by atoms with Crippen molar-refractivity contribution in [3.05, 3.63) is 63.7 Å². The van der Waals surface area contributed by atoms with E-state index in [1.165, 1.54) is 39.1 Å². The molecule has 0 heterocycles. The van der Waals surface area contributed by atoms with Gasteiger partial charge >= 0.3 is 0 Å². The highest BCUT2D eigenvalue weighted by Gasteiger charge is 2.11. The molecular formula is C19H25N. The largest absolute Gasteiger partial charge is 0.378 e. The van der Waals surface area contributed by atoms with Gasteiger partial charge in [-0.15, -0.1) is 0 Å². The molecule has 2 aromatic carbocycles. The molecule has 0 radical (unpaired) electrons. The molecule has 1 atom stereocenters. The average molecular weight is 267 g/mol. The van der Waals surface area contributed by atoms with Gasteiger partial charge in [0.1, 0.15) is 0 Å². The Kier molecular flexibility index (Phi) is 4.17. The Balaban J connectivity index is 2.31. The van der Waals surface area contributed by atoms with Crippen LogP contribution in [0.15, 0.2) is 30.3 Å². The fourth-order valence-electron chi connectivity index (χ4n) is 2.67. The van der Waals surface area contributed by atoms with E-state index >= 15 is 0 Å². The zero-order chi connectivity index (χ0) is 14.9. The summed E-state index contributed by atoms with van der Waals surface area (Å²) in [6, 6.07) is 11.3. The van der Waals surface area contributed by atoms with Crippen LogP contribution in [0.3, 0.4) is 0 Å². The molecule has 0 bridgehead atoms. The van der Waals surface area contributed by atoms with Gasteiger partial charge < -0.3 is 5.32 Å². The zero-order valence-electron chi connectivity index (χ0n) is 13.5. The molecule has 1 unspecified atom stereocenters. The third-order valence-electron chi connectivity index (χ3n) is 4.33. The van der Waals surface area contributed by atoms with Gasteiger partial charge in [0, 0.05) is 11.7 Å². The van der Waals surface area contributed by atoms with Crippen LogP contribution in [0.4, 0.5) is 5.69 Å². The molecule has 0 aliphatic carbocycles. The second kappa shape index (κ2) is 5.70. The molecular weight excluding hydrogens is 242 g/mol. The van der Waals surface area contributed by atoms with Crippen LogP contribution < -0.4 is 5.32 Å². The third-order valence-corrected chi connectivity index (χ3v) is 4.33. The van der Waals surface area contributed by atoms with Gasteiger partial charge in [-0.2, -0.15) is 0 Å². The summed E-state index contributed by atoms with van der Waals surface area (Å²) in [5, 5.41) is 3.65. The summed E-state index contributed by atoms with van der Waals surface area (Å²) in [5.74, 6) is 0. The third kappa shape index (κ3) is 2.87. The van der Waals surface area contributed by atoms with Crippen LogP contribution in [0.1, 0.15) is 46.3 Å². The van der Waals surface area contributed by atoms with Gasteiger partial charge in [0.25, 0.3) is 0 Å². The molecule has 2 rings (SSSR count). The number of aryl methyl sites for hydroxylation is 4. The molecule has 0 spiro atoms. The van der Waals surface area contributed by atoms with Crippen LogP contribution in [0.5, 0.6) is 0 Å². The first kappa shape index (κ1) is 14.6. The number of hydrogen-bond acceptors (Lipinski definition) is 1. The molecule has 0 fully saturated rings. The van der Waals surface area contributed by atoms with Gasteiger partial charge in [0.2, 0.25) is 0 Å². The molecule has 0 saturated heterocycles. The minimum atomic E-state index is 0.315. The Morgan fingerprint density at radius 1 is 0.800 bits per heavy atom. The molecule has 0 aliphatic rings. The van der Waals surface area contributed by atoms with Gasteiger partial charge in [0.15, 0.2) is 0 Å². The fourth-order valence-corrected chi connectivity index (χ4v) is 2.67. The Hall–Kier alpha value is -1.76. The number of benzene rings is 2. The van der Waals surface area contributed by atoms with Gasteiger partial charge in [0.05, 0.1) is 0 Å². The van der Waals surface area contributed by atoms with E-state index in [4.69, 9.17) is 0 Å². The minimum Gasteiger partial charge on any atom is -0.378 e. The quantitative estimate of drug-likeness (QED) is 0.785. The van der Waals surface area contributed by atoms with Crippen LogP contribution in [0.2, 0.25) is 0 Å². The minimum absolute atomic E-state index is 0.315. The van der Waals surface area contributed by atoms with E-state index in [1.54, 1.807) is 0 Å². The molecule has 2 aromatic rings. The first-order valence-corrected chi connectivity index (χ1v) is 7.30. The Morgan fingerprint density at radius 2 is 1.45 bits per heavy atom. The topological polar surface area (TPSA) is 12.0 Å². The van der Waals surface area contributed by atoms with Crippen LogP contribution in [-0.2, 0) is 0 Å². The normalized spacial score (nSPS) is 12.3. The van der Waals surface area contributed by atoms with Crippen LogP contribution >= 0.6 is 0 Å². The van der Waals surface area contributed by atoms with Gasteiger partial charge in [-0.3, -0.25) is 0 Å². The maximum atomic E-state index is 3.65. The van der Waals surface area contributed by atoms with E-state index in [2.05, 4.69) is 77.2 Å². The monoisotopic (exact) mass is 267 g/mol. The highest BCUT2D eigenvalue weighted by molar-refractivity contribution is 5.55. The van der Waals surface area contributed by atoms with Crippen molar-refractivity contribution in [1.29, 1.82) is 0 Å². The second-order valence-corrected chi connectivity index (χ2v) is 5.91. The van der Waals surface area contributed by atoms with E-state index in [1.807, 2.05) is 0 Å². The lowest BCUT2D eigenvalue weighted by Crippen LogP contribution is -2.10. The van der Waals surface area contributed by atoms with Crippen molar-refractivity contribution < 1.29 is 0 Å². The lowest BCUT2D eigenvalue weighted by atomic mass is 9.96. The van der Waals surface area contributed by atoms with Gasteiger partial charge in [-0.05, 0) is 81.0 Å². The average Bonchev–Trinajstić information content (AvgIpc) is 2.39. The van der Waals surface area contributed by atoms with E-state index < -0.39 is 0 Å². The van der Waals surface area contributed by atoms with E-state index in [-0.39, 0.29) is 0 Å². The fraction of sp³-hybridized carbons (Fsp3) is 0.368. The predicted octanol–water partition coefficient (Wildman–Crippen LogP) is 5.40. The second-order valence-electron chi connectivity index (χ2n) is 5.91. The highest BCUT2D eigenvalue weighted by atomic mass is 14.9. The number of rotatable bonds is 3. The molecule has 0 saturated carbocycles. The summed E-state index contributed by atoms with van der Waals surface area (Å²) in [4.78, 5) is 0. The van der Waals surface area contributed by atoms with Crippen LogP contribution in [0.25, 0.3) is 0 Å². The van der Waals surface area contributed by atoms with Crippen LogP contribution in [0, 0.1) is 34.6 Å². The maximum absolute atomic E-state index is 3.65. The smallest absolute Gasteiger partial charge is 0.0488 e. The molecule has 1 N–H and O–H groups in total. The van der Waals surface area contributed by atoms with E-state index in [0.717, 1.165) is 0 Å². The van der Waals surface area contributed by atoms with Crippen LogP contribution in [-0.4, -0.2) is 0 Å². The molecule has 0 amide bonds. The number of anilines is 1. The predicted molar refractivity (Wildman–Crippen MR) is 88.6 cm³/mol. The van der Waals surface area contributed by atoms with Crippen molar-refractivity contribution in [2.24, 2.45) is 0 Å². The van der Waals surface area contributed by atoms with Crippen molar-refractivity contribution >= 4 is 5.69 Å². The van der Waals surface area contributed by atoms with Crippen molar-refractivity contribution in [3.63, 3.8) is 0 Å². The first-order valence-electron chi connectivity index (χ1n) is 7.30. The van der Waals surface area contributed by atoms with Crippen molar-refractivity contribution in [3.8, 4) is 0 Å². The van der Waals surface area contributed by atoms with Gasteiger partial charge in [-0.1, -0.05) is 24.3 Å². The van der Waals surface area contributed by atoms with Crippen molar-refractivity contribution in [1.82, 2.24) is 0 Å². The first-order chi connectivity index (χ1) is 9.40. The van der Waals surface area contributed by atoms with E-state index in [9.17, 15) is 0 Å². The Labute approximate surface area is 123 Å². The van der Waals surface area contributed by atoms with Gasteiger partial charge in [-0.25, -0.2) is 0 Å². The van der Waals surface area contributed by atoms with Crippen molar-refractivity contribution in [2.75, 3.05) is 5.32 Å². The lowest BCUT2D eigenvalue weighted by Gasteiger charge is -2.21. The molecule has 20 heavy (non-hydrogen) atoms. The summed E-state index contributed by atoms with van der Waals surface area (Å²) in [5.41, 5.74) is 9.37. The molecule has 0 aliphatic heterocycles. The highest BCUT2D eigenvalue weighted by Crippen LogP contribution is 2.27. The summed E-state index contributed by atoms with van der Waals surface area (Å²) >= 11 is 0. The SMILES string of the molecule is Cc1cc(C)c(C(C)Nc2cccc(C)c2C)cc1C. The summed E-state index contributed by atoms with van der Waals surface area (Å²) in [7, 11) is 0. The Morgan fingerprint density at radius 3 is 2.15 bits per heavy atom. The standard InChI is InChI=1S/C19H25N/c1-12-8-7-9-19(16(12)5)20-17(6)18-11-14(3)13(2)10-15(18)4/h7-11,17,20H,1-6H3. The summed E-state index contributed by atoms with van der Waals surface area (Å²) in [6.45, 7) is 13.1.